The van der Waals surface area contributed by atoms with E-state index in [0.29, 0.717) is 11.3 Å². The van der Waals surface area contributed by atoms with Crippen molar-refractivity contribution >= 4 is 16.9 Å². The summed E-state index contributed by atoms with van der Waals surface area (Å²) in [5.74, 6) is -0.388. The molecule has 31 heavy (non-hydrogen) atoms. The van der Waals surface area contributed by atoms with Gasteiger partial charge in [0.2, 0.25) is 5.76 Å². The number of nitrogens with zero attached hydrogens (tertiary/aromatic N) is 2. The molecule has 0 radical (unpaired) electrons. The zero-order chi connectivity index (χ0) is 21.5. The number of rotatable bonds is 4. The monoisotopic (exact) mass is 416 g/mol. The second-order valence-corrected chi connectivity index (χ2v) is 7.29. The minimum absolute atomic E-state index is 0.0270. The Hall–Kier alpha value is -4.00. The molecule has 7 heteroatoms. The van der Waals surface area contributed by atoms with Crippen LogP contribution in [0.15, 0.2) is 76.2 Å². The zero-order valence-corrected chi connectivity index (χ0v) is 16.5. The number of ether oxygens (including phenoxy) is 1. The molecule has 0 saturated heterocycles. The Kier molecular flexibility index (Phi) is 4.51. The van der Waals surface area contributed by atoms with Crippen LogP contribution in [-0.2, 0) is 6.54 Å². The molecule has 154 valence electrons. The van der Waals surface area contributed by atoms with Crippen LogP contribution in [-0.4, -0.2) is 22.9 Å². The highest BCUT2D eigenvalue weighted by atomic mass is 19.1. The van der Waals surface area contributed by atoms with Crippen LogP contribution in [0, 0.1) is 5.82 Å². The molecule has 2 aromatic heterocycles. The molecule has 0 fully saturated rings. The third kappa shape index (κ3) is 3.15. The first kappa shape index (κ1) is 19.0. The van der Waals surface area contributed by atoms with Gasteiger partial charge in [-0.05, 0) is 47.5 Å². The Balaban J connectivity index is 1.75. The molecule has 1 amide bonds. The highest BCUT2D eigenvalue weighted by molar-refractivity contribution is 5.99. The summed E-state index contributed by atoms with van der Waals surface area (Å²) in [5, 5.41) is 0.0997. The number of methoxy groups -OCH3 is 1. The van der Waals surface area contributed by atoms with Gasteiger partial charge in [0.05, 0.1) is 24.1 Å². The second-order valence-electron chi connectivity index (χ2n) is 7.29. The lowest BCUT2D eigenvalue weighted by Gasteiger charge is -2.25. The summed E-state index contributed by atoms with van der Waals surface area (Å²) in [7, 11) is 1.55. The van der Waals surface area contributed by atoms with Gasteiger partial charge < -0.3 is 14.1 Å². The molecule has 0 unspecified atom stereocenters. The molecule has 1 aliphatic heterocycles. The minimum atomic E-state index is -0.707. The van der Waals surface area contributed by atoms with E-state index < -0.39 is 23.2 Å². The number of amides is 1. The van der Waals surface area contributed by atoms with Gasteiger partial charge in [-0.15, -0.1) is 0 Å². The fourth-order valence-corrected chi connectivity index (χ4v) is 4.00. The van der Waals surface area contributed by atoms with E-state index in [1.807, 2.05) is 12.1 Å². The molecule has 5 rings (SSSR count). The van der Waals surface area contributed by atoms with Crippen molar-refractivity contribution in [3.8, 4) is 5.75 Å². The summed E-state index contributed by atoms with van der Waals surface area (Å²) in [4.78, 5) is 32.5. The normalized spacial score (nSPS) is 15.4. The molecule has 2 aromatic carbocycles. The van der Waals surface area contributed by atoms with Crippen molar-refractivity contribution in [2.45, 2.75) is 12.6 Å². The summed E-state index contributed by atoms with van der Waals surface area (Å²) < 4.78 is 25.0. The van der Waals surface area contributed by atoms with Crippen LogP contribution in [0.1, 0.15) is 33.3 Å². The number of pyridine rings is 1. The number of benzene rings is 2. The number of hydrogen-bond donors (Lipinski definition) is 0. The Bertz CT molecular complexity index is 1370. The minimum Gasteiger partial charge on any atom is -0.497 e. The van der Waals surface area contributed by atoms with Gasteiger partial charge in [-0.1, -0.05) is 18.2 Å². The highest BCUT2D eigenvalue weighted by Crippen LogP contribution is 2.39. The maximum atomic E-state index is 13.8. The van der Waals surface area contributed by atoms with E-state index in [9.17, 15) is 14.0 Å². The van der Waals surface area contributed by atoms with Crippen molar-refractivity contribution < 1.29 is 18.3 Å². The number of halogens is 1. The first-order valence-corrected chi connectivity index (χ1v) is 9.67. The molecule has 0 aliphatic carbocycles. The fourth-order valence-electron chi connectivity index (χ4n) is 4.00. The Labute approximate surface area is 176 Å². The maximum absolute atomic E-state index is 13.8. The third-order valence-electron chi connectivity index (χ3n) is 5.41. The lowest BCUT2D eigenvalue weighted by atomic mass is 9.98. The fraction of sp³-hybridized carbons (Fsp3) is 0.125. The summed E-state index contributed by atoms with van der Waals surface area (Å²) in [6.45, 7) is 0.225. The number of carbonyl (C=O) groups is 1. The molecule has 0 spiro atoms. The molecule has 0 bridgehead atoms. The van der Waals surface area contributed by atoms with E-state index in [2.05, 4.69) is 4.98 Å². The molecular formula is C24H17FN2O4. The van der Waals surface area contributed by atoms with Gasteiger partial charge in [-0.3, -0.25) is 14.6 Å². The number of fused-ring (bicyclic) bond motifs is 2. The SMILES string of the molecule is COc1cccc([C@@H]2c3c(oc4ccc(F)cc4c3=O)C(=O)N2Cc2cccnc2)c1. The van der Waals surface area contributed by atoms with Crippen molar-refractivity contribution in [3.05, 3.63) is 105 Å². The molecule has 0 saturated carbocycles. The smallest absolute Gasteiger partial charge is 0.291 e. The van der Waals surface area contributed by atoms with Crippen LogP contribution in [0.5, 0.6) is 5.75 Å². The molecule has 6 nitrogen and oxygen atoms in total. The highest BCUT2D eigenvalue weighted by Gasteiger charge is 2.42. The predicted octanol–water partition coefficient (Wildman–Crippen LogP) is 4.08. The van der Waals surface area contributed by atoms with Gasteiger partial charge in [0, 0.05) is 18.9 Å². The van der Waals surface area contributed by atoms with Crippen LogP contribution in [0.2, 0.25) is 0 Å². The first-order valence-electron chi connectivity index (χ1n) is 9.67. The summed E-state index contributed by atoms with van der Waals surface area (Å²) >= 11 is 0. The van der Waals surface area contributed by atoms with Crippen molar-refractivity contribution in [2.24, 2.45) is 0 Å². The van der Waals surface area contributed by atoms with E-state index in [1.165, 1.54) is 12.1 Å². The summed E-state index contributed by atoms with van der Waals surface area (Å²) in [5.41, 5.74) is 1.44. The lowest BCUT2D eigenvalue weighted by Crippen LogP contribution is -2.29. The molecule has 0 N–H and O–H groups in total. The molecule has 1 aliphatic rings. The van der Waals surface area contributed by atoms with Crippen LogP contribution in [0.25, 0.3) is 11.0 Å². The lowest BCUT2D eigenvalue weighted by molar-refractivity contribution is 0.0714. The van der Waals surface area contributed by atoms with E-state index in [4.69, 9.17) is 9.15 Å². The van der Waals surface area contributed by atoms with Crippen molar-refractivity contribution in [2.75, 3.05) is 7.11 Å². The quantitative estimate of drug-likeness (QED) is 0.501. The Morgan fingerprint density at radius 1 is 1.13 bits per heavy atom. The van der Waals surface area contributed by atoms with Crippen molar-refractivity contribution in [1.82, 2.24) is 9.88 Å². The van der Waals surface area contributed by atoms with Gasteiger partial charge in [0.1, 0.15) is 17.1 Å². The zero-order valence-electron chi connectivity index (χ0n) is 16.5. The van der Waals surface area contributed by atoms with E-state index >= 15 is 0 Å². The third-order valence-corrected chi connectivity index (χ3v) is 5.41. The average molecular weight is 416 g/mol. The summed E-state index contributed by atoms with van der Waals surface area (Å²) in [6, 6.07) is 13.8. The topological polar surface area (TPSA) is 72.6 Å². The molecule has 4 aromatic rings. The van der Waals surface area contributed by atoms with Gasteiger partial charge in [0.15, 0.2) is 5.43 Å². The van der Waals surface area contributed by atoms with Crippen LogP contribution in [0.4, 0.5) is 4.39 Å². The van der Waals surface area contributed by atoms with E-state index in [-0.39, 0.29) is 28.8 Å². The maximum Gasteiger partial charge on any atom is 0.291 e. The van der Waals surface area contributed by atoms with Gasteiger partial charge in [-0.25, -0.2) is 4.39 Å². The summed E-state index contributed by atoms with van der Waals surface area (Å²) in [6.07, 6.45) is 3.32. The van der Waals surface area contributed by atoms with Crippen LogP contribution < -0.4 is 10.2 Å². The van der Waals surface area contributed by atoms with Crippen molar-refractivity contribution in [3.63, 3.8) is 0 Å². The first-order chi connectivity index (χ1) is 15.1. The largest absolute Gasteiger partial charge is 0.497 e. The van der Waals surface area contributed by atoms with Gasteiger partial charge >= 0.3 is 0 Å². The number of aromatic nitrogens is 1. The van der Waals surface area contributed by atoms with Crippen molar-refractivity contribution in [1.29, 1.82) is 0 Å². The molecule has 3 heterocycles. The van der Waals surface area contributed by atoms with Crippen LogP contribution >= 0.6 is 0 Å². The van der Waals surface area contributed by atoms with E-state index in [1.54, 1.807) is 48.7 Å². The van der Waals surface area contributed by atoms with Gasteiger partial charge in [0.25, 0.3) is 5.91 Å². The second kappa shape index (κ2) is 7.36. The van der Waals surface area contributed by atoms with Gasteiger partial charge in [-0.2, -0.15) is 0 Å². The Morgan fingerprint density at radius 2 is 2.00 bits per heavy atom. The molecular weight excluding hydrogens is 399 g/mol. The number of carbonyl (C=O) groups excluding carboxylic acids is 1. The predicted molar refractivity (Wildman–Crippen MR) is 111 cm³/mol. The molecule has 1 atom stereocenters. The standard InChI is InChI=1S/C24H17FN2O4/c1-30-17-6-2-5-15(10-17)21-20-22(28)18-11-16(25)7-8-19(18)31-23(20)24(29)27(21)13-14-4-3-9-26-12-14/h2-12,21H,13H2,1H3/t21-/m1/s1. The van der Waals surface area contributed by atoms with Crippen LogP contribution in [0.3, 0.4) is 0 Å². The van der Waals surface area contributed by atoms with E-state index in [0.717, 1.165) is 11.6 Å². The number of hydrogen-bond acceptors (Lipinski definition) is 5. The Morgan fingerprint density at radius 3 is 2.77 bits per heavy atom. The average Bonchev–Trinajstić information content (AvgIpc) is 3.07.